The lowest BCUT2D eigenvalue weighted by Crippen LogP contribution is -1.80. The lowest BCUT2D eigenvalue weighted by molar-refractivity contribution is 0.474. The van der Waals surface area contributed by atoms with Crippen molar-refractivity contribution in [1.29, 1.82) is 5.26 Å². The number of rotatable bonds is 2. The van der Waals surface area contributed by atoms with Gasteiger partial charge in [-0.05, 0) is 36.4 Å². The van der Waals surface area contributed by atoms with Crippen LogP contribution in [0.4, 0.5) is 5.69 Å². The van der Waals surface area contributed by atoms with E-state index in [0.717, 1.165) is 5.69 Å². The summed E-state index contributed by atoms with van der Waals surface area (Å²) in [5.41, 5.74) is 2.01. The van der Waals surface area contributed by atoms with Crippen LogP contribution in [0.1, 0.15) is 11.1 Å². The molecule has 0 aliphatic rings. The quantitative estimate of drug-likeness (QED) is 0.794. The van der Waals surface area contributed by atoms with Gasteiger partial charge in [0.25, 0.3) is 0 Å². The highest BCUT2D eigenvalue weighted by molar-refractivity contribution is 5.85. The van der Waals surface area contributed by atoms with Crippen molar-refractivity contribution < 1.29 is 5.11 Å². The van der Waals surface area contributed by atoms with Gasteiger partial charge in [-0.15, -0.1) is 0 Å². The maximum atomic E-state index is 9.54. The summed E-state index contributed by atoms with van der Waals surface area (Å²) >= 11 is 0. The molecule has 0 radical (unpaired) electrons. The Labute approximate surface area is 99.3 Å². The van der Waals surface area contributed by atoms with E-state index in [9.17, 15) is 5.11 Å². The molecule has 3 heteroatoms. The number of aromatic hydroxyl groups is 1. The van der Waals surface area contributed by atoms with E-state index in [2.05, 4.69) is 4.99 Å². The number of phenolic OH excluding ortho intramolecular Hbond substituents is 1. The van der Waals surface area contributed by atoms with Gasteiger partial charge >= 0.3 is 0 Å². The predicted molar refractivity (Wildman–Crippen MR) is 66.5 cm³/mol. The summed E-state index contributed by atoms with van der Waals surface area (Å²) in [6, 6.07) is 16.0. The van der Waals surface area contributed by atoms with Crippen LogP contribution in [0.2, 0.25) is 0 Å². The smallest absolute Gasteiger partial charge is 0.124 e. The van der Waals surface area contributed by atoms with Crippen molar-refractivity contribution in [3.63, 3.8) is 0 Å². The molecule has 0 spiro atoms. The van der Waals surface area contributed by atoms with Crippen LogP contribution >= 0.6 is 0 Å². The Kier molecular flexibility index (Phi) is 3.18. The minimum absolute atomic E-state index is 0.199. The van der Waals surface area contributed by atoms with Gasteiger partial charge in [0.05, 0.1) is 17.3 Å². The molecule has 0 saturated carbocycles. The number of hydrogen-bond donors (Lipinski definition) is 1. The third-order valence-electron chi connectivity index (χ3n) is 2.29. The predicted octanol–water partition coefficient (Wildman–Crippen LogP) is 3.01. The Morgan fingerprint density at radius 3 is 2.41 bits per heavy atom. The molecule has 0 amide bonds. The summed E-state index contributed by atoms with van der Waals surface area (Å²) in [5.74, 6) is 0.199. The van der Waals surface area contributed by atoms with Crippen molar-refractivity contribution in [2.75, 3.05) is 0 Å². The van der Waals surface area contributed by atoms with Crippen LogP contribution in [0.25, 0.3) is 0 Å². The zero-order valence-corrected chi connectivity index (χ0v) is 9.04. The van der Waals surface area contributed by atoms with Crippen molar-refractivity contribution in [1.82, 2.24) is 0 Å². The van der Waals surface area contributed by atoms with E-state index in [4.69, 9.17) is 5.26 Å². The summed E-state index contributed by atoms with van der Waals surface area (Å²) in [6.07, 6.45) is 1.59. The van der Waals surface area contributed by atoms with E-state index in [-0.39, 0.29) is 5.75 Å². The number of phenols is 1. The third kappa shape index (κ3) is 2.70. The fourth-order valence-corrected chi connectivity index (χ4v) is 1.36. The molecule has 0 saturated heterocycles. The van der Waals surface area contributed by atoms with Crippen LogP contribution < -0.4 is 0 Å². The van der Waals surface area contributed by atoms with Crippen LogP contribution in [0.5, 0.6) is 5.75 Å². The molecule has 17 heavy (non-hydrogen) atoms. The normalized spacial score (nSPS) is 10.3. The van der Waals surface area contributed by atoms with Gasteiger partial charge in [-0.25, -0.2) is 0 Å². The minimum Gasteiger partial charge on any atom is -0.507 e. The van der Waals surface area contributed by atoms with Gasteiger partial charge in [-0.1, -0.05) is 12.1 Å². The van der Waals surface area contributed by atoms with Crippen molar-refractivity contribution in [3.8, 4) is 11.8 Å². The lowest BCUT2D eigenvalue weighted by Gasteiger charge is -1.97. The molecule has 0 aliphatic carbocycles. The minimum atomic E-state index is 0.199. The molecule has 0 atom stereocenters. The van der Waals surface area contributed by atoms with E-state index in [1.54, 1.807) is 48.7 Å². The monoisotopic (exact) mass is 222 g/mol. The molecule has 0 aromatic heterocycles. The SMILES string of the molecule is N#Cc1ccc(/N=C/c2ccccc2O)cc1. The van der Waals surface area contributed by atoms with E-state index >= 15 is 0 Å². The van der Waals surface area contributed by atoms with Crippen molar-refractivity contribution in [3.05, 3.63) is 59.7 Å². The van der Waals surface area contributed by atoms with Crippen molar-refractivity contribution in [2.45, 2.75) is 0 Å². The molecule has 2 rings (SSSR count). The molecule has 2 aromatic rings. The number of para-hydroxylation sites is 1. The zero-order chi connectivity index (χ0) is 12.1. The van der Waals surface area contributed by atoms with Gasteiger partial charge in [0.1, 0.15) is 5.75 Å². The highest BCUT2D eigenvalue weighted by atomic mass is 16.3. The molecule has 2 aromatic carbocycles. The number of benzene rings is 2. The lowest BCUT2D eigenvalue weighted by atomic mass is 10.2. The first-order valence-corrected chi connectivity index (χ1v) is 5.12. The first-order valence-electron chi connectivity index (χ1n) is 5.12. The molecule has 0 fully saturated rings. The summed E-state index contributed by atoms with van der Waals surface area (Å²) in [4.78, 5) is 4.22. The first kappa shape index (κ1) is 10.9. The van der Waals surface area contributed by atoms with Gasteiger partial charge in [0, 0.05) is 11.8 Å². The van der Waals surface area contributed by atoms with Gasteiger partial charge in [-0.2, -0.15) is 5.26 Å². The Bertz CT molecular complexity index is 580. The summed E-state index contributed by atoms with van der Waals surface area (Å²) in [6.45, 7) is 0. The van der Waals surface area contributed by atoms with Gasteiger partial charge in [0.15, 0.2) is 0 Å². The largest absolute Gasteiger partial charge is 0.507 e. The van der Waals surface area contributed by atoms with Gasteiger partial charge in [-0.3, -0.25) is 4.99 Å². The summed E-state index contributed by atoms with van der Waals surface area (Å²) < 4.78 is 0. The standard InChI is InChI=1S/C14H10N2O/c15-9-11-5-7-13(8-6-11)16-10-12-3-1-2-4-14(12)17/h1-8,10,17H/b16-10+. The molecule has 3 nitrogen and oxygen atoms in total. The average Bonchev–Trinajstić information content (AvgIpc) is 2.38. The Morgan fingerprint density at radius 1 is 1.06 bits per heavy atom. The number of aliphatic imine (C=N–C) groups is 1. The topological polar surface area (TPSA) is 56.4 Å². The number of hydrogen-bond acceptors (Lipinski definition) is 3. The molecule has 0 heterocycles. The average molecular weight is 222 g/mol. The Hall–Kier alpha value is -2.60. The van der Waals surface area contributed by atoms with Gasteiger partial charge < -0.3 is 5.11 Å². The first-order chi connectivity index (χ1) is 8.29. The second-order valence-corrected chi connectivity index (χ2v) is 3.48. The Morgan fingerprint density at radius 2 is 1.76 bits per heavy atom. The summed E-state index contributed by atoms with van der Waals surface area (Å²) in [7, 11) is 0. The highest BCUT2D eigenvalue weighted by Crippen LogP contribution is 2.16. The summed E-state index contributed by atoms with van der Waals surface area (Å²) in [5, 5.41) is 18.2. The fraction of sp³-hybridized carbons (Fsp3) is 0. The molecule has 0 bridgehead atoms. The third-order valence-corrected chi connectivity index (χ3v) is 2.29. The molecule has 0 unspecified atom stereocenters. The van der Waals surface area contributed by atoms with Crippen LogP contribution in [-0.2, 0) is 0 Å². The molecule has 1 N–H and O–H groups in total. The maximum absolute atomic E-state index is 9.54. The number of nitrogens with zero attached hydrogens (tertiary/aromatic N) is 2. The Balaban J connectivity index is 2.21. The zero-order valence-electron chi connectivity index (χ0n) is 9.04. The molecular formula is C14H10N2O. The van der Waals surface area contributed by atoms with Crippen molar-refractivity contribution in [2.24, 2.45) is 4.99 Å². The molecule has 0 aliphatic heterocycles. The second-order valence-electron chi connectivity index (χ2n) is 3.48. The van der Waals surface area contributed by atoms with E-state index in [1.807, 2.05) is 12.1 Å². The second kappa shape index (κ2) is 4.95. The van der Waals surface area contributed by atoms with Crippen LogP contribution in [-0.4, -0.2) is 11.3 Å². The van der Waals surface area contributed by atoms with E-state index in [1.165, 1.54) is 0 Å². The van der Waals surface area contributed by atoms with E-state index < -0.39 is 0 Å². The molecular weight excluding hydrogens is 212 g/mol. The van der Waals surface area contributed by atoms with Crippen LogP contribution in [0.3, 0.4) is 0 Å². The van der Waals surface area contributed by atoms with Crippen LogP contribution in [0, 0.1) is 11.3 Å². The maximum Gasteiger partial charge on any atom is 0.124 e. The van der Waals surface area contributed by atoms with Crippen LogP contribution in [0.15, 0.2) is 53.5 Å². The molecule has 82 valence electrons. The number of nitriles is 1. The van der Waals surface area contributed by atoms with Crippen molar-refractivity contribution >= 4 is 11.9 Å². The fourth-order valence-electron chi connectivity index (χ4n) is 1.36. The van der Waals surface area contributed by atoms with E-state index in [0.29, 0.717) is 11.1 Å². The highest BCUT2D eigenvalue weighted by Gasteiger charge is 1.95. The van der Waals surface area contributed by atoms with Gasteiger partial charge in [0.2, 0.25) is 0 Å².